The van der Waals surface area contributed by atoms with Gasteiger partial charge in [0.05, 0.1) is 14.2 Å². The van der Waals surface area contributed by atoms with Crippen molar-refractivity contribution in [1.29, 1.82) is 5.26 Å². The van der Waals surface area contributed by atoms with Crippen molar-refractivity contribution in [2.75, 3.05) is 19.5 Å². The van der Waals surface area contributed by atoms with Crippen molar-refractivity contribution in [2.45, 2.75) is 20.0 Å². The number of aryl methyl sites for hydroxylation is 1. The lowest BCUT2D eigenvalue weighted by Crippen LogP contribution is -2.13. The molecule has 8 heteroatoms. The van der Waals surface area contributed by atoms with Crippen molar-refractivity contribution < 1.29 is 28.2 Å². The van der Waals surface area contributed by atoms with Gasteiger partial charge in [-0.3, -0.25) is 4.79 Å². The SMILES string of the molecule is CCc1ccc(NC(=O)/C(C#N)=C/c2ccc(OCc3ccc(C(=O)OC)o3)c(OC)c2)cc1. The van der Waals surface area contributed by atoms with Crippen LogP contribution in [-0.4, -0.2) is 26.1 Å². The molecule has 0 fully saturated rings. The summed E-state index contributed by atoms with van der Waals surface area (Å²) in [5.41, 5.74) is 2.29. The first kappa shape index (κ1) is 24.1. The van der Waals surface area contributed by atoms with Crippen LogP contribution >= 0.6 is 0 Å². The molecule has 174 valence electrons. The highest BCUT2D eigenvalue weighted by atomic mass is 16.5. The maximum atomic E-state index is 12.6. The molecule has 0 spiro atoms. The van der Waals surface area contributed by atoms with Crippen molar-refractivity contribution in [2.24, 2.45) is 0 Å². The molecular formula is C26H24N2O6. The fourth-order valence-electron chi connectivity index (χ4n) is 3.05. The number of nitriles is 1. The van der Waals surface area contributed by atoms with Gasteiger partial charge in [-0.05, 0) is 60.0 Å². The molecule has 0 atom stereocenters. The fourth-order valence-corrected chi connectivity index (χ4v) is 3.05. The van der Waals surface area contributed by atoms with Gasteiger partial charge in [-0.1, -0.05) is 25.1 Å². The third-order valence-electron chi connectivity index (χ3n) is 4.90. The highest BCUT2D eigenvalue weighted by Gasteiger charge is 2.14. The molecule has 0 bridgehead atoms. The van der Waals surface area contributed by atoms with Crippen LogP contribution in [-0.2, 0) is 22.6 Å². The molecule has 3 aromatic rings. The van der Waals surface area contributed by atoms with Crippen molar-refractivity contribution >= 4 is 23.6 Å². The first-order valence-corrected chi connectivity index (χ1v) is 10.5. The molecule has 1 N–H and O–H groups in total. The summed E-state index contributed by atoms with van der Waals surface area (Å²) in [4.78, 5) is 24.0. The Morgan fingerprint density at radius 2 is 1.82 bits per heavy atom. The summed E-state index contributed by atoms with van der Waals surface area (Å²) >= 11 is 0. The lowest BCUT2D eigenvalue weighted by molar-refractivity contribution is -0.112. The van der Waals surface area contributed by atoms with E-state index in [1.54, 1.807) is 36.4 Å². The van der Waals surface area contributed by atoms with Crippen LogP contribution in [0.15, 0.2) is 64.6 Å². The van der Waals surface area contributed by atoms with Gasteiger partial charge in [-0.2, -0.15) is 5.26 Å². The van der Waals surface area contributed by atoms with Crippen LogP contribution in [0.4, 0.5) is 5.69 Å². The minimum Gasteiger partial charge on any atom is -0.493 e. The van der Waals surface area contributed by atoms with E-state index in [4.69, 9.17) is 13.9 Å². The molecule has 2 aromatic carbocycles. The van der Waals surface area contributed by atoms with Gasteiger partial charge in [-0.25, -0.2) is 4.79 Å². The van der Waals surface area contributed by atoms with Crippen molar-refractivity contribution in [3.8, 4) is 17.6 Å². The first-order valence-electron chi connectivity index (χ1n) is 10.5. The average molecular weight is 460 g/mol. The number of anilines is 1. The maximum Gasteiger partial charge on any atom is 0.373 e. The van der Waals surface area contributed by atoms with E-state index < -0.39 is 11.9 Å². The van der Waals surface area contributed by atoms with Gasteiger partial charge in [0.15, 0.2) is 11.5 Å². The van der Waals surface area contributed by atoms with E-state index in [2.05, 4.69) is 10.1 Å². The molecule has 34 heavy (non-hydrogen) atoms. The van der Waals surface area contributed by atoms with Crippen LogP contribution in [0.5, 0.6) is 11.5 Å². The van der Waals surface area contributed by atoms with E-state index in [1.807, 2.05) is 25.1 Å². The van der Waals surface area contributed by atoms with Crippen LogP contribution in [0.1, 0.15) is 34.4 Å². The summed E-state index contributed by atoms with van der Waals surface area (Å²) in [6.07, 6.45) is 2.37. The Morgan fingerprint density at radius 3 is 2.47 bits per heavy atom. The van der Waals surface area contributed by atoms with Gasteiger partial charge in [0.1, 0.15) is 24.0 Å². The zero-order valence-corrected chi connectivity index (χ0v) is 19.1. The fraction of sp³-hybridized carbons (Fsp3) is 0.192. The lowest BCUT2D eigenvalue weighted by Gasteiger charge is -2.11. The number of carbonyl (C=O) groups is 2. The van der Waals surface area contributed by atoms with Crippen LogP contribution in [0.25, 0.3) is 6.08 Å². The van der Waals surface area contributed by atoms with E-state index in [-0.39, 0.29) is 17.9 Å². The smallest absolute Gasteiger partial charge is 0.373 e. The molecule has 1 amide bonds. The molecule has 3 rings (SSSR count). The highest BCUT2D eigenvalue weighted by molar-refractivity contribution is 6.09. The van der Waals surface area contributed by atoms with E-state index >= 15 is 0 Å². The molecular weight excluding hydrogens is 436 g/mol. The summed E-state index contributed by atoms with van der Waals surface area (Å²) in [6, 6.07) is 17.5. The van der Waals surface area contributed by atoms with Crippen LogP contribution in [0.3, 0.4) is 0 Å². The van der Waals surface area contributed by atoms with E-state index in [1.165, 1.54) is 26.4 Å². The first-order chi connectivity index (χ1) is 16.5. The molecule has 0 radical (unpaired) electrons. The number of hydrogen-bond donors (Lipinski definition) is 1. The number of carbonyl (C=O) groups excluding carboxylic acids is 2. The van der Waals surface area contributed by atoms with Gasteiger partial charge < -0.3 is 23.9 Å². The Morgan fingerprint density at radius 1 is 1.06 bits per heavy atom. The standard InChI is InChI=1S/C26H24N2O6/c1-4-17-5-8-20(9-6-17)28-25(29)19(15-27)13-18-7-11-22(24(14-18)31-2)33-16-21-10-12-23(34-21)26(30)32-3/h5-14H,4,16H2,1-3H3,(H,28,29)/b19-13+. The van der Waals surface area contributed by atoms with Gasteiger partial charge >= 0.3 is 5.97 Å². The van der Waals surface area contributed by atoms with Crippen LogP contribution in [0.2, 0.25) is 0 Å². The zero-order valence-electron chi connectivity index (χ0n) is 19.1. The number of hydrogen-bond acceptors (Lipinski definition) is 7. The van der Waals surface area contributed by atoms with Crippen molar-refractivity contribution in [1.82, 2.24) is 0 Å². The molecule has 1 heterocycles. The quantitative estimate of drug-likeness (QED) is 0.278. The minimum atomic E-state index is -0.574. The maximum absolute atomic E-state index is 12.6. The Hall–Kier alpha value is -4.51. The minimum absolute atomic E-state index is 0.0544. The number of esters is 1. The van der Waals surface area contributed by atoms with Gasteiger partial charge in [-0.15, -0.1) is 0 Å². The van der Waals surface area contributed by atoms with E-state index in [9.17, 15) is 14.9 Å². The number of methoxy groups -OCH3 is 2. The van der Waals surface area contributed by atoms with Gasteiger partial charge in [0, 0.05) is 5.69 Å². The second kappa shape index (κ2) is 11.4. The lowest BCUT2D eigenvalue weighted by atomic mass is 10.1. The normalized spacial score (nSPS) is 10.8. The molecule has 0 aliphatic rings. The number of amides is 1. The summed E-state index contributed by atoms with van der Waals surface area (Å²) in [5.74, 6) is 0.260. The second-order valence-corrected chi connectivity index (χ2v) is 7.13. The number of furan rings is 1. The van der Waals surface area contributed by atoms with E-state index in [0.29, 0.717) is 28.5 Å². The highest BCUT2D eigenvalue weighted by Crippen LogP contribution is 2.30. The monoisotopic (exact) mass is 460 g/mol. The second-order valence-electron chi connectivity index (χ2n) is 7.13. The third-order valence-corrected chi connectivity index (χ3v) is 4.90. The molecule has 1 aromatic heterocycles. The van der Waals surface area contributed by atoms with E-state index in [0.717, 1.165) is 12.0 Å². The summed E-state index contributed by atoms with van der Waals surface area (Å²) in [6.45, 7) is 2.11. The average Bonchev–Trinajstić information content (AvgIpc) is 3.35. The predicted molar refractivity (Wildman–Crippen MR) is 125 cm³/mol. The van der Waals surface area contributed by atoms with Crippen LogP contribution < -0.4 is 14.8 Å². The van der Waals surface area contributed by atoms with Crippen molar-refractivity contribution in [3.05, 3.63) is 82.8 Å². The predicted octanol–water partition coefficient (Wildman–Crippen LogP) is 4.76. The summed E-state index contributed by atoms with van der Waals surface area (Å²) in [5, 5.41) is 12.2. The summed E-state index contributed by atoms with van der Waals surface area (Å²) in [7, 11) is 2.75. The third kappa shape index (κ3) is 6.04. The van der Waals surface area contributed by atoms with Gasteiger partial charge in [0.2, 0.25) is 5.76 Å². The molecule has 0 unspecified atom stereocenters. The zero-order chi connectivity index (χ0) is 24.5. The Balaban J connectivity index is 1.71. The molecule has 0 saturated heterocycles. The topological polar surface area (TPSA) is 111 Å². The Kier molecular flexibility index (Phi) is 8.08. The number of nitrogens with zero attached hydrogens (tertiary/aromatic N) is 1. The largest absolute Gasteiger partial charge is 0.493 e. The number of benzene rings is 2. The summed E-state index contributed by atoms with van der Waals surface area (Å²) < 4.78 is 21.1. The molecule has 0 aliphatic heterocycles. The Labute approximate surface area is 197 Å². The molecule has 0 saturated carbocycles. The van der Waals surface area contributed by atoms with Crippen molar-refractivity contribution in [3.63, 3.8) is 0 Å². The Bertz CT molecular complexity index is 1230. The van der Waals surface area contributed by atoms with Crippen LogP contribution in [0, 0.1) is 11.3 Å². The number of ether oxygens (including phenoxy) is 3. The number of rotatable bonds is 9. The molecule has 0 aliphatic carbocycles. The molecule has 8 nitrogen and oxygen atoms in total. The van der Waals surface area contributed by atoms with Gasteiger partial charge in [0.25, 0.3) is 5.91 Å². The number of nitrogens with one attached hydrogen (secondary N) is 1.